The van der Waals surface area contributed by atoms with E-state index in [1.807, 2.05) is 37.3 Å². The predicted molar refractivity (Wildman–Crippen MR) is 65.1 cm³/mol. The molecule has 0 aliphatic rings. The summed E-state index contributed by atoms with van der Waals surface area (Å²) in [5, 5.41) is 2.68. The second kappa shape index (κ2) is 5.85. The number of anilines is 1. The molecule has 0 bridgehead atoms. The van der Waals surface area contributed by atoms with Crippen molar-refractivity contribution in [3.8, 4) is 0 Å². The molecule has 84 valence electrons. The number of benzene rings is 1. The highest BCUT2D eigenvalue weighted by molar-refractivity contribution is 5.89. The van der Waals surface area contributed by atoms with Gasteiger partial charge in [0.15, 0.2) is 0 Å². The van der Waals surface area contributed by atoms with Gasteiger partial charge in [0.05, 0.1) is 0 Å². The monoisotopic (exact) mass is 217 g/mol. The van der Waals surface area contributed by atoms with E-state index in [0.717, 1.165) is 29.5 Å². The highest BCUT2D eigenvalue weighted by Gasteiger charge is 1.96. The Morgan fingerprint density at radius 1 is 1.31 bits per heavy atom. The van der Waals surface area contributed by atoms with Crippen molar-refractivity contribution in [3.05, 3.63) is 35.4 Å². The lowest BCUT2D eigenvalue weighted by molar-refractivity contribution is -0.114. The molecule has 0 radical (unpaired) electrons. The molecule has 0 spiro atoms. The van der Waals surface area contributed by atoms with Crippen molar-refractivity contribution in [1.82, 2.24) is 0 Å². The maximum Gasteiger partial charge on any atom is 0.221 e. The van der Waals surface area contributed by atoms with Crippen LogP contribution in [0.3, 0.4) is 0 Å². The van der Waals surface area contributed by atoms with Crippen LogP contribution in [0.25, 0.3) is 6.08 Å². The van der Waals surface area contributed by atoms with E-state index in [9.17, 15) is 9.59 Å². The Bertz CT molecular complexity index is 404. The van der Waals surface area contributed by atoms with Crippen molar-refractivity contribution >= 4 is 24.0 Å². The fraction of sp³-hybridized carbons (Fsp3) is 0.231. The molecule has 0 atom stereocenters. The Morgan fingerprint density at radius 2 is 1.94 bits per heavy atom. The number of allylic oxidation sites excluding steroid dienone is 1. The molecule has 0 aliphatic heterocycles. The fourth-order valence-corrected chi connectivity index (χ4v) is 1.30. The molecule has 1 N–H and O–H groups in total. The van der Waals surface area contributed by atoms with E-state index in [0.29, 0.717) is 0 Å². The van der Waals surface area contributed by atoms with Gasteiger partial charge in [-0.25, -0.2) is 0 Å². The van der Waals surface area contributed by atoms with Gasteiger partial charge < -0.3 is 5.32 Å². The Hall–Kier alpha value is -1.90. The molecule has 0 heterocycles. The SMILES string of the molecule is CCC(C=O)=Cc1ccc(NC(C)=O)cc1. The number of nitrogens with one attached hydrogen (secondary N) is 1. The lowest BCUT2D eigenvalue weighted by atomic mass is 10.1. The molecule has 1 amide bonds. The van der Waals surface area contributed by atoms with Crippen LogP contribution in [-0.2, 0) is 9.59 Å². The first-order chi connectivity index (χ1) is 7.65. The van der Waals surface area contributed by atoms with Gasteiger partial charge in [0, 0.05) is 12.6 Å². The molecular weight excluding hydrogens is 202 g/mol. The van der Waals surface area contributed by atoms with Crippen LogP contribution in [0.15, 0.2) is 29.8 Å². The molecule has 16 heavy (non-hydrogen) atoms. The Labute approximate surface area is 95.2 Å². The summed E-state index contributed by atoms with van der Waals surface area (Å²) in [5.41, 5.74) is 2.47. The Balaban J connectivity index is 2.82. The summed E-state index contributed by atoms with van der Waals surface area (Å²) in [5.74, 6) is -0.0922. The third-order valence-corrected chi connectivity index (χ3v) is 2.14. The van der Waals surface area contributed by atoms with E-state index >= 15 is 0 Å². The van der Waals surface area contributed by atoms with Crippen molar-refractivity contribution in [2.24, 2.45) is 0 Å². The van der Waals surface area contributed by atoms with Crippen molar-refractivity contribution in [2.45, 2.75) is 20.3 Å². The molecule has 1 aromatic carbocycles. The Kier molecular flexibility index (Phi) is 4.45. The minimum atomic E-state index is -0.0922. The third kappa shape index (κ3) is 3.69. The van der Waals surface area contributed by atoms with E-state index in [4.69, 9.17) is 0 Å². The minimum Gasteiger partial charge on any atom is -0.326 e. The first kappa shape index (κ1) is 12.2. The molecule has 3 heteroatoms. The molecule has 0 aliphatic carbocycles. The molecule has 0 saturated heterocycles. The van der Waals surface area contributed by atoms with Gasteiger partial charge in [-0.1, -0.05) is 19.1 Å². The molecule has 0 unspecified atom stereocenters. The normalized spacial score (nSPS) is 11.0. The van der Waals surface area contributed by atoms with Crippen LogP contribution in [-0.4, -0.2) is 12.2 Å². The van der Waals surface area contributed by atoms with Gasteiger partial charge >= 0.3 is 0 Å². The van der Waals surface area contributed by atoms with Crippen molar-refractivity contribution in [3.63, 3.8) is 0 Å². The number of hydrogen-bond donors (Lipinski definition) is 1. The van der Waals surface area contributed by atoms with Crippen molar-refractivity contribution in [2.75, 3.05) is 5.32 Å². The van der Waals surface area contributed by atoms with Gasteiger partial charge in [-0.2, -0.15) is 0 Å². The standard InChI is InChI=1S/C13H15NO2/c1-3-11(9-15)8-12-4-6-13(7-5-12)14-10(2)16/h4-9H,3H2,1-2H3,(H,14,16). The van der Waals surface area contributed by atoms with Crippen molar-refractivity contribution in [1.29, 1.82) is 0 Å². The first-order valence-corrected chi connectivity index (χ1v) is 5.19. The van der Waals surface area contributed by atoms with Gasteiger partial charge in [-0.05, 0) is 35.8 Å². The summed E-state index contributed by atoms with van der Waals surface area (Å²) < 4.78 is 0. The van der Waals surface area contributed by atoms with Crippen LogP contribution in [0.1, 0.15) is 25.8 Å². The van der Waals surface area contributed by atoms with E-state index < -0.39 is 0 Å². The quantitative estimate of drug-likeness (QED) is 0.622. The zero-order valence-corrected chi connectivity index (χ0v) is 9.49. The van der Waals surface area contributed by atoms with E-state index in [-0.39, 0.29) is 5.91 Å². The second-order valence-corrected chi connectivity index (χ2v) is 3.49. The number of aldehydes is 1. The number of hydrogen-bond acceptors (Lipinski definition) is 2. The summed E-state index contributed by atoms with van der Waals surface area (Å²) in [6.45, 7) is 3.40. The lowest BCUT2D eigenvalue weighted by Crippen LogP contribution is -2.05. The average molecular weight is 217 g/mol. The third-order valence-electron chi connectivity index (χ3n) is 2.14. The Morgan fingerprint density at radius 3 is 2.38 bits per heavy atom. The number of carbonyl (C=O) groups excluding carboxylic acids is 2. The highest BCUT2D eigenvalue weighted by Crippen LogP contribution is 2.12. The molecule has 3 nitrogen and oxygen atoms in total. The largest absolute Gasteiger partial charge is 0.326 e. The van der Waals surface area contributed by atoms with Gasteiger partial charge in [0.25, 0.3) is 0 Å². The topological polar surface area (TPSA) is 46.2 Å². The molecule has 0 aromatic heterocycles. The number of rotatable bonds is 4. The van der Waals surface area contributed by atoms with E-state index in [2.05, 4.69) is 5.32 Å². The van der Waals surface area contributed by atoms with Gasteiger partial charge in [-0.15, -0.1) is 0 Å². The maximum absolute atomic E-state index is 10.8. The van der Waals surface area contributed by atoms with Gasteiger partial charge in [-0.3, -0.25) is 9.59 Å². The van der Waals surface area contributed by atoms with Gasteiger partial charge in [0.1, 0.15) is 6.29 Å². The maximum atomic E-state index is 10.8. The molecule has 0 saturated carbocycles. The molecule has 1 aromatic rings. The van der Waals surface area contributed by atoms with Crippen LogP contribution >= 0.6 is 0 Å². The van der Waals surface area contributed by atoms with E-state index in [1.54, 1.807) is 0 Å². The van der Waals surface area contributed by atoms with Crippen molar-refractivity contribution < 1.29 is 9.59 Å². The van der Waals surface area contributed by atoms with E-state index in [1.165, 1.54) is 6.92 Å². The first-order valence-electron chi connectivity index (χ1n) is 5.19. The van der Waals surface area contributed by atoms with Crippen LogP contribution in [0.2, 0.25) is 0 Å². The van der Waals surface area contributed by atoms with Crippen LogP contribution < -0.4 is 5.32 Å². The highest BCUT2D eigenvalue weighted by atomic mass is 16.1. The lowest BCUT2D eigenvalue weighted by Gasteiger charge is -2.02. The molecule has 1 rings (SSSR count). The van der Waals surface area contributed by atoms with Crippen LogP contribution in [0.5, 0.6) is 0 Å². The molecule has 0 fully saturated rings. The smallest absolute Gasteiger partial charge is 0.221 e. The van der Waals surface area contributed by atoms with Crippen LogP contribution in [0.4, 0.5) is 5.69 Å². The van der Waals surface area contributed by atoms with Crippen LogP contribution in [0, 0.1) is 0 Å². The predicted octanol–water partition coefficient (Wildman–Crippen LogP) is 2.64. The average Bonchev–Trinajstić information content (AvgIpc) is 2.27. The zero-order chi connectivity index (χ0) is 12.0. The number of amides is 1. The van der Waals surface area contributed by atoms with Gasteiger partial charge in [0.2, 0.25) is 5.91 Å². The fourth-order valence-electron chi connectivity index (χ4n) is 1.30. The summed E-state index contributed by atoms with van der Waals surface area (Å²) in [7, 11) is 0. The number of carbonyl (C=O) groups is 2. The summed E-state index contributed by atoms with van der Waals surface area (Å²) in [6, 6.07) is 7.35. The zero-order valence-electron chi connectivity index (χ0n) is 9.49. The molecular formula is C13H15NO2. The summed E-state index contributed by atoms with van der Waals surface area (Å²) >= 11 is 0. The summed E-state index contributed by atoms with van der Waals surface area (Å²) in [6.07, 6.45) is 3.42. The second-order valence-electron chi connectivity index (χ2n) is 3.49. The minimum absolute atomic E-state index is 0.0922. The summed E-state index contributed by atoms with van der Waals surface area (Å²) in [4.78, 5) is 21.4.